The molecule has 1 aromatic heterocycles. The maximum absolute atomic E-state index is 12.1. The number of anilines is 1. The summed E-state index contributed by atoms with van der Waals surface area (Å²) in [6, 6.07) is 5.20. The standard InChI is InChI=1S/C15H17F3N4O2/c1-9-13(10(2)24-22-9)7-8-20-14(19)21-11-3-5-12(6-4-11)23-15(16,17)18/h3-6H,7-8H2,1-2H3,(H3,19,20,21). The minimum Gasteiger partial charge on any atom is -0.406 e. The van der Waals surface area contributed by atoms with E-state index in [4.69, 9.17) is 10.3 Å². The summed E-state index contributed by atoms with van der Waals surface area (Å²) in [5.74, 6) is 0.600. The van der Waals surface area contributed by atoms with Crippen molar-refractivity contribution in [3.05, 3.63) is 41.3 Å². The quantitative estimate of drug-likeness (QED) is 0.644. The van der Waals surface area contributed by atoms with E-state index in [0.717, 1.165) is 17.0 Å². The number of aryl methyl sites for hydroxylation is 2. The van der Waals surface area contributed by atoms with Crippen LogP contribution in [-0.2, 0) is 6.42 Å². The van der Waals surface area contributed by atoms with Crippen LogP contribution in [0.2, 0.25) is 0 Å². The fraction of sp³-hybridized carbons (Fsp3) is 0.333. The van der Waals surface area contributed by atoms with Gasteiger partial charge in [0.15, 0.2) is 5.96 Å². The monoisotopic (exact) mass is 342 g/mol. The maximum atomic E-state index is 12.1. The van der Waals surface area contributed by atoms with Gasteiger partial charge in [0.05, 0.1) is 5.69 Å². The first-order valence-corrected chi connectivity index (χ1v) is 7.09. The van der Waals surface area contributed by atoms with Gasteiger partial charge in [-0.05, 0) is 44.5 Å². The highest BCUT2D eigenvalue weighted by molar-refractivity contribution is 5.92. The molecule has 24 heavy (non-hydrogen) atoms. The third-order valence-corrected chi connectivity index (χ3v) is 3.19. The summed E-state index contributed by atoms with van der Waals surface area (Å²) < 4.78 is 45.1. The van der Waals surface area contributed by atoms with Gasteiger partial charge in [-0.1, -0.05) is 5.16 Å². The first kappa shape index (κ1) is 17.6. The van der Waals surface area contributed by atoms with E-state index in [1.54, 1.807) is 0 Å². The largest absolute Gasteiger partial charge is 0.573 e. The number of guanidine groups is 1. The molecule has 0 spiro atoms. The lowest BCUT2D eigenvalue weighted by Crippen LogP contribution is -2.23. The number of halogens is 3. The molecule has 1 heterocycles. The Morgan fingerprint density at radius 1 is 1.29 bits per heavy atom. The molecule has 3 N–H and O–H groups in total. The molecular formula is C15H17F3N4O2. The summed E-state index contributed by atoms with van der Waals surface area (Å²) in [6.45, 7) is 4.10. The van der Waals surface area contributed by atoms with Crippen LogP contribution in [0, 0.1) is 13.8 Å². The topological polar surface area (TPSA) is 85.7 Å². The second kappa shape index (κ2) is 7.24. The van der Waals surface area contributed by atoms with E-state index in [2.05, 4.69) is 20.2 Å². The molecule has 0 aliphatic rings. The van der Waals surface area contributed by atoms with Crippen molar-refractivity contribution in [2.75, 3.05) is 11.9 Å². The van der Waals surface area contributed by atoms with Crippen LogP contribution < -0.4 is 15.8 Å². The molecule has 0 saturated carbocycles. The van der Waals surface area contributed by atoms with Crippen LogP contribution in [0.5, 0.6) is 5.75 Å². The van der Waals surface area contributed by atoms with Crippen molar-refractivity contribution in [1.82, 2.24) is 5.16 Å². The van der Waals surface area contributed by atoms with Crippen molar-refractivity contribution in [1.29, 1.82) is 0 Å². The average Bonchev–Trinajstić information content (AvgIpc) is 2.79. The van der Waals surface area contributed by atoms with E-state index < -0.39 is 6.36 Å². The number of nitrogens with zero attached hydrogens (tertiary/aromatic N) is 2. The van der Waals surface area contributed by atoms with Gasteiger partial charge in [0.25, 0.3) is 0 Å². The molecule has 0 fully saturated rings. The molecule has 0 aliphatic carbocycles. The lowest BCUT2D eigenvalue weighted by Gasteiger charge is -2.10. The molecule has 2 rings (SSSR count). The summed E-state index contributed by atoms with van der Waals surface area (Å²) in [6.07, 6.45) is -4.09. The molecule has 0 unspecified atom stereocenters. The second-order valence-electron chi connectivity index (χ2n) is 5.02. The number of ether oxygens (including phenoxy) is 1. The van der Waals surface area contributed by atoms with E-state index in [9.17, 15) is 13.2 Å². The number of alkyl halides is 3. The van der Waals surface area contributed by atoms with E-state index in [1.165, 1.54) is 24.3 Å². The molecule has 1 aromatic carbocycles. The average molecular weight is 342 g/mol. The molecule has 130 valence electrons. The number of hydrogen-bond acceptors (Lipinski definition) is 4. The maximum Gasteiger partial charge on any atom is 0.573 e. The Bertz CT molecular complexity index is 689. The number of nitrogens with one attached hydrogen (secondary N) is 1. The molecule has 0 atom stereocenters. The van der Waals surface area contributed by atoms with Crippen molar-refractivity contribution >= 4 is 11.6 Å². The van der Waals surface area contributed by atoms with Gasteiger partial charge in [-0.25, -0.2) is 0 Å². The van der Waals surface area contributed by atoms with E-state index >= 15 is 0 Å². The van der Waals surface area contributed by atoms with Gasteiger partial charge < -0.3 is 20.3 Å². The van der Waals surface area contributed by atoms with Crippen LogP contribution in [0.3, 0.4) is 0 Å². The first-order valence-electron chi connectivity index (χ1n) is 7.09. The van der Waals surface area contributed by atoms with Gasteiger partial charge in [-0.2, -0.15) is 0 Å². The zero-order valence-corrected chi connectivity index (χ0v) is 13.1. The van der Waals surface area contributed by atoms with Crippen molar-refractivity contribution < 1.29 is 22.4 Å². The normalized spacial score (nSPS) is 12.3. The van der Waals surface area contributed by atoms with Crippen molar-refractivity contribution in [2.24, 2.45) is 10.7 Å². The van der Waals surface area contributed by atoms with Gasteiger partial charge in [0.2, 0.25) is 0 Å². The van der Waals surface area contributed by atoms with Crippen molar-refractivity contribution in [3.63, 3.8) is 0 Å². The van der Waals surface area contributed by atoms with Crippen LogP contribution in [0.15, 0.2) is 33.8 Å². The lowest BCUT2D eigenvalue weighted by atomic mass is 10.1. The Labute approximate surface area is 136 Å². The van der Waals surface area contributed by atoms with Crippen LogP contribution in [0.25, 0.3) is 0 Å². The third kappa shape index (κ3) is 5.18. The fourth-order valence-electron chi connectivity index (χ4n) is 2.07. The first-order chi connectivity index (χ1) is 11.2. The van der Waals surface area contributed by atoms with Crippen molar-refractivity contribution in [3.8, 4) is 5.75 Å². The molecule has 2 aromatic rings. The zero-order chi connectivity index (χ0) is 17.7. The predicted octanol–water partition coefficient (Wildman–Crippen LogP) is 3.16. The van der Waals surface area contributed by atoms with Crippen molar-refractivity contribution in [2.45, 2.75) is 26.6 Å². The Balaban J connectivity index is 1.88. The molecule has 0 radical (unpaired) electrons. The molecule has 6 nitrogen and oxygen atoms in total. The predicted molar refractivity (Wildman–Crippen MR) is 82.9 cm³/mol. The summed E-state index contributed by atoms with van der Waals surface area (Å²) in [5, 5.41) is 6.65. The van der Waals surface area contributed by atoms with E-state index in [0.29, 0.717) is 18.7 Å². The number of rotatable bonds is 5. The number of hydrogen-bond donors (Lipinski definition) is 2. The van der Waals surface area contributed by atoms with Gasteiger partial charge in [0, 0.05) is 17.8 Å². The lowest BCUT2D eigenvalue weighted by molar-refractivity contribution is -0.274. The highest BCUT2D eigenvalue weighted by atomic mass is 19.4. The van der Waals surface area contributed by atoms with E-state index in [1.807, 2.05) is 13.8 Å². The SMILES string of the molecule is Cc1noc(C)c1CCN=C(N)Nc1ccc(OC(F)(F)F)cc1. The molecule has 9 heteroatoms. The Kier molecular flexibility index (Phi) is 5.32. The molecular weight excluding hydrogens is 325 g/mol. The van der Waals surface area contributed by atoms with Crippen LogP contribution >= 0.6 is 0 Å². The summed E-state index contributed by atoms with van der Waals surface area (Å²) in [7, 11) is 0. The van der Waals surface area contributed by atoms with Gasteiger partial charge in [0.1, 0.15) is 11.5 Å². The second-order valence-corrected chi connectivity index (χ2v) is 5.02. The highest BCUT2D eigenvalue weighted by Crippen LogP contribution is 2.23. The van der Waals surface area contributed by atoms with Gasteiger partial charge in [-0.15, -0.1) is 13.2 Å². The Morgan fingerprint density at radius 3 is 2.50 bits per heavy atom. The van der Waals surface area contributed by atoms with Gasteiger partial charge >= 0.3 is 6.36 Å². The Morgan fingerprint density at radius 2 is 1.96 bits per heavy atom. The molecule has 0 amide bonds. The number of nitrogens with two attached hydrogens (primary N) is 1. The molecule has 0 aliphatic heterocycles. The zero-order valence-electron chi connectivity index (χ0n) is 13.1. The summed E-state index contributed by atoms with van der Waals surface area (Å²) >= 11 is 0. The minimum atomic E-state index is -4.71. The van der Waals surface area contributed by atoms with Gasteiger partial charge in [-0.3, -0.25) is 4.99 Å². The van der Waals surface area contributed by atoms with Crippen LogP contribution in [0.1, 0.15) is 17.0 Å². The smallest absolute Gasteiger partial charge is 0.406 e. The molecule has 0 bridgehead atoms. The Hall–Kier alpha value is -2.71. The third-order valence-electron chi connectivity index (χ3n) is 3.19. The molecule has 0 saturated heterocycles. The fourth-order valence-corrected chi connectivity index (χ4v) is 2.07. The minimum absolute atomic E-state index is 0.159. The number of aromatic nitrogens is 1. The van der Waals surface area contributed by atoms with Crippen LogP contribution in [-0.4, -0.2) is 24.0 Å². The summed E-state index contributed by atoms with van der Waals surface area (Å²) in [5.41, 5.74) is 8.05. The number of aliphatic imine (C=N–C) groups is 1. The highest BCUT2D eigenvalue weighted by Gasteiger charge is 2.30. The summed E-state index contributed by atoms with van der Waals surface area (Å²) in [4.78, 5) is 4.16. The van der Waals surface area contributed by atoms with E-state index in [-0.39, 0.29) is 11.7 Å². The number of benzene rings is 1. The van der Waals surface area contributed by atoms with Crippen LogP contribution in [0.4, 0.5) is 18.9 Å².